The fraction of sp³-hybridized carbons (Fsp3) is 0.429. The van der Waals surface area contributed by atoms with Crippen LogP contribution < -0.4 is 11.1 Å². The molecule has 1 aromatic rings. The van der Waals surface area contributed by atoms with Crippen LogP contribution >= 0.6 is 12.2 Å². The van der Waals surface area contributed by atoms with Gasteiger partial charge in [-0.05, 0) is 36.5 Å². The molecule has 1 aromatic carbocycles. The second kappa shape index (κ2) is 6.01. The van der Waals surface area contributed by atoms with Gasteiger partial charge in [0.1, 0.15) is 0 Å². The Morgan fingerprint density at radius 1 is 1.33 bits per heavy atom. The van der Waals surface area contributed by atoms with Crippen LogP contribution in [0.4, 0.5) is 13.2 Å². The lowest BCUT2D eigenvalue weighted by molar-refractivity contribution is -0.137. The Bertz CT molecular complexity index is 538. The summed E-state index contributed by atoms with van der Waals surface area (Å²) in [6, 6.07) is 4.22. The predicted octanol–water partition coefficient (Wildman–Crippen LogP) is 2.43. The van der Waals surface area contributed by atoms with Crippen molar-refractivity contribution in [2.45, 2.75) is 31.5 Å². The molecule has 3 N–H and O–H groups in total. The monoisotopic (exact) mass is 316 g/mol. The van der Waals surface area contributed by atoms with Crippen LogP contribution in [0.25, 0.3) is 0 Å². The van der Waals surface area contributed by atoms with E-state index in [-0.39, 0.29) is 23.4 Å². The topological polar surface area (TPSA) is 55.1 Å². The highest BCUT2D eigenvalue weighted by Gasteiger charge is 2.34. The van der Waals surface area contributed by atoms with Crippen molar-refractivity contribution in [3.8, 4) is 0 Å². The maximum atomic E-state index is 12.4. The minimum Gasteiger partial charge on any atom is -0.392 e. The molecule has 114 valence electrons. The maximum absolute atomic E-state index is 12.4. The van der Waals surface area contributed by atoms with Crippen LogP contribution in [0.1, 0.15) is 24.0 Å². The summed E-state index contributed by atoms with van der Waals surface area (Å²) in [5, 5.41) is 2.74. The third-order valence-corrected chi connectivity index (χ3v) is 3.62. The molecule has 0 radical (unpaired) electrons. The Hall–Kier alpha value is -1.63. The van der Waals surface area contributed by atoms with E-state index in [4.69, 9.17) is 18.0 Å². The first kappa shape index (κ1) is 15.8. The first-order chi connectivity index (χ1) is 9.77. The van der Waals surface area contributed by atoms with E-state index in [1.807, 2.05) is 0 Å². The minimum absolute atomic E-state index is 0.00394. The Balaban J connectivity index is 1.94. The average molecular weight is 316 g/mol. The summed E-state index contributed by atoms with van der Waals surface area (Å²) in [5.74, 6) is -0.00138. The zero-order chi connectivity index (χ0) is 15.6. The van der Waals surface area contributed by atoms with Crippen molar-refractivity contribution < 1.29 is 18.0 Å². The van der Waals surface area contributed by atoms with Crippen LogP contribution in [0.15, 0.2) is 24.3 Å². The molecular formula is C14H15F3N2OS. The van der Waals surface area contributed by atoms with Gasteiger partial charge in [0.05, 0.1) is 23.0 Å². The van der Waals surface area contributed by atoms with Crippen molar-refractivity contribution in [1.29, 1.82) is 0 Å². The first-order valence-electron chi connectivity index (χ1n) is 6.52. The van der Waals surface area contributed by atoms with Gasteiger partial charge < -0.3 is 11.1 Å². The van der Waals surface area contributed by atoms with Crippen LogP contribution in [0.5, 0.6) is 0 Å². The van der Waals surface area contributed by atoms with Crippen molar-refractivity contribution in [1.82, 2.24) is 5.32 Å². The number of amides is 1. The molecule has 0 saturated heterocycles. The number of hydrogen-bond donors (Lipinski definition) is 2. The summed E-state index contributed by atoms with van der Waals surface area (Å²) >= 11 is 4.91. The van der Waals surface area contributed by atoms with Gasteiger partial charge in [0.2, 0.25) is 5.91 Å². The molecule has 1 aliphatic rings. The molecule has 1 amide bonds. The fourth-order valence-corrected chi connectivity index (χ4v) is 2.32. The highest BCUT2D eigenvalue weighted by atomic mass is 32.1. The number of hydrogen-bond acceptors (Lipinski definition) is 2. The molecule has 7 heteroatoms. The Morgan fingerprint density at radius 3 is 2.33 bits per heavy atom. The summed E-state index contributed by atoms with van der Waals surface area (Å²) in [4.78, 5) is 12.1. The van der Waals surface area contributed by atoms with Gasteiger partial charge in [-0.25, -0.2) is 0 Å². The van der Waals surface area contributed by atoms with Crippen molar-refractivity contribution >= 4 is 23.1 Å². The number of halogens is 3. The van der Waals surface area contributed by atoms with Crippen LogP contribution in [-0.4, -0.2) is 16.9 Å². The van der Waals surface area contributed by atoms with Gasteiger partial charge in [0.25, 0.3) is 0 Å². The number of alkyl halides is 3. The molecule has 1 saturated carbocycles. The Morgan fingerprint density at radius 2 is 1.90 bits per heavy atom. The van der Waals surface area contributed by atoms with E-state index in [2.05, 4.69) is 5.32 Å². The number of rotatable bonds is 5. The van der Waals surface area contributed by atoms with E-state index in [0.717, 1.165) is 25.0 Å². The van der Waals surface area contributed by atoms with E-state index >= 15 is 0 Å². The molecule has 0 aromatic heterocycles. The van der Waals surface area contributed by atoms with Crippen LogP contribution in [0.2, 0.25) is 0 Å². The molecule has 0 aliphatic heterocycles. The van der Waals surface area contributed by atoms with Crippen LogP contribution in [0.3, 0.4) is 0 Å². The van der Waals surface area contributed by atoms with E-state index in [9.17, 15) is 18.0 Å². The summed E-state index contributed by atoms with van der Waals surface area (Å²) < 4.78 is 37.3. The summed E-state index contributed by atoms with van der Waals surface area (Å²) in [5.41, 5.74) is 5.36. The molecule has 1 unspecified atom stereocenters. The third kappa shape index (κ3) is 4.42. The molecule has 0 bridgehead atoms. The predicted molar refractivity (Wildman–Crippen MR) is 76.6 cm³/mol. The SMILES string of the molecule is NC(=S)C(NC(=O)Cc1ccc(C(F)(F)F)cc1)C1CC1. The fourth-order valence-electron chi connectivity index (χ4n) is 2.07. The number of benzene rings is 1. The molecule has 21 heavy (non-hydrogen) atoms. The average Bonchev–Trinajstić information content (AvgIpc) is 3.19. The summed E-state index contributed by atoms with van der Waals surface area (Å²) in [6.45, 7) is 0. The number of thiocarbonyl (C=S) groups is 1. The van der Waals surface area contributed by atoms with Gasteiger partial charge >= 0.3 is 6.18 Å². The summed E-state index contributed by atoms with van der Waals surface area (Å²) in [6.07, 6.45) is -2.42. The molecular weight excluding hydrogens is 301 g/mol. The number of carbonyl (C=O) groups is 1. The van der Waals surface area contributed by atoms with E-state index in [1.165, 1.54) is 12.1 Å². The standard InChI is InChI=1S/C14H15F3N2OS/c15-14(16,17)10-5-1-8(2-6-10)7-11(20)19-12(13(18)21)9-3-4-9/h1-2,5-6,9,12H,3-4,7H2,(H2,18,21)(H,19,20). The van der Waals surface area contributed by atoms with Crippen LogP contribution in [-0.2, 0) is 17.4 Å². The zero-order valence-electron chi connectivity index (χ0n) is 11.1. The lowest BCUT2D eigenvalue weighted by atomic mass is 10.1. The van der Waals surface area contributed by atoms with Gasteiger partial charge in [0, 0.05) is 0 Å². The van der Waals surface area contributed by atoms with Gasteiger partial charge in [0.15, 0.2) is 0 Å². The highest BCUT2D eigenvalue weighted by Crippen LogP contribution is 2.33. The zero-order valence-corrected chi connectivity index (χ0v) is 11.9. The molecule has 2 rings (SSSR count). The maximum Gasteiger partial charge on any atom is 0.416 e. The lowest BCUT2D eigenvalue weighted by Gasteiger charge is -2.16. The first-order valence-corrected chi connectivity index (χ1v) is 6.93. The van der Waals surface area contributed by atoms with Gasteiger partial charge in [-0.2, -0.15) is 13.2 Å². The van der Waals surface area contributed by atoms with E-state index in [1.54, 1.807) is 0 Å². The number of nitrogens with two attached hydrogens (primary N) is 1. The Labute approximate surface area is 125 Å². The van der Waals surface area contributed by atoms with E-state index < -0.39 is 11.7 Å². The lowest BCUT2D eigenvalue weighted by Crippen LogP contribution is -2.45. The normalized spacial score (nSPS) is 16.3. The van der Waals surface area contributed by atoms with E-state index in [0.29, 0.717) is 11.5 Å². The number of nitrogens with one attached hydrogen (secondary N) is 1. The van der Waals surface area contributed by atoms with Gasteiger partial charge in [-0.15, -0.1) is 0 Å². The smallest absolute Gasteiger partial charge is 0.392 e. The molecule has 3 nitrogen and oxygen atoms in total. The van der Waals surface area contributed by atoms with Crippen molar-refractivity contribution in [2.24, 2.45) is 11.7 Å². The molecule has 1 atom stereocenters. The molecule has 1 fully saturated rings. The van der Waals surface area contributed by atoms with Crippen molar-refractivity contribution in [2.75, 3.05) is 0 Å². The highest BCUT2D eigenvalue weighted by molar-refractivity contribution is 7.80. The van der Waals surface area contributed by atoms with Crippen molar-refractivity contribution in [3.63, 3.8) is 0 Å². The second-order valence-electron chi connectivity index (χ2n) is 5.16. The van der Waals surface area contributed by atoms with Crippen LogP contribution in [0, 0.1) is 5.92 Å². The van der Waals surface area contributed by atoms with Crippen molar-refractivity contribution in [3.05, 3.63) is 35.4 Å². The molecule has 1 aliphatic carbocycles. The van der Waals surface area contributed by atoms with Gasteiger partial charge in [-0.1, -0.05) is 24.4 Å². The Kier molecular flexibility index (Phi) is 4.51. The second-order valence-corrected chi connectivity index (χ2v) is 5.63. The summed E-state index contributed by atoms with van der Waals surface area (Å²) in [7, 11) is 0. The number of carbonyl (C=O) groups excluding carboxylic acids is 1. The largest absolute Gasteiger partial charge is 0.416 e. The third-order valence-electron chi connectivity index (χ3n) is 3.36. The molecule has 0 spiro atoms. The quantitative estimate of drug-likeness (QED) is 0.820. The van der Waals surface area contributed by atoms with Gasteiger partial charge in [-0.3, -0.25) is 4.79 Å². The minimum atomic E-state index is -4.37. The molecule has 0 heterocycles.